The van der Waals surface area contributed by atoms with Crippen molar-refractivity contribution in [2.75, 3.05) is 13.7 Å². The van der Waals surface area contributed by atoms with Crippen molar-refractivity contribution >= 4 is 0 Å². The number of methoxy groups -OCH3 is 1. The van der Waals surface area contributed by atoms with Crippen molar-refractivity contribution in [2.45, 2.75) is 64.9 Å². The van der Waals surface area contributed by atoms with E-state index in [1.54, 1.807) is 7.11 Å². The standard InChI is InChI=1S/C21H36O2/c1-12-13(2)16-11-15(12)19-14-9-17(20(16)19)18(10-14)21(3,22)7-5-6-8-23-4/h12-20,22H,5-11H2,1-4H3. The molecule has 2 heteroatoms. The second kappa shape index (κ2) is 5.73. The van der Waals surface area contributed by atoms with Crippen LogP contribution in [0.2, 0.25) is 0 Å². The monoisotopic (exact) mass is 320 g/mol. The van der Waals surface area contributed by atoms with E-state index in [0.29, 0.717) is 5.92 Å². The maximum atomic E-state index is 11.2. The maximum Gasteiger partial charge on any atom is 0.0650 e. The second-order valence-electron chi connectivity index (χ2n) is 9.75. The zero-order valence-electron chi connectivity index (χ0n) is 15.5. The normalized spacial score (nSPS) is 52.8. The summed E-state index contributed by atoms with van der Waals surface area (Å²) in [7, 11) is 1.77. The number of fused-ring (bicyclic) bond motifs is 9. The van der Waals surface area contributed by atoms with Crippen LogP contribution in [0, 0.1) is 53.3 Å². The van der Waals surface area contributed by atoms with Gasteiger partial charge in [0.15, 0.2) is 0 Å². The van der Waals surface area contributed by atoms with E-state index in [4.69, 9.17) is 4.74 Å². The predicted molar refractivity (Wildman–Crippen MR) is 93.0 cm³/mol. The molecule has 0 aromatic rings. The molecule has 4 aliphatic carbocycles. The Balaban J connectivity index is 1.44. The molecule has 10 unspecified atom stereocenters. The van der Waals surface area contributed by atoms with Crippen molar-refractivity contribution in [1.82, 2.24) is 0 Å². The Labute approximate surface area is 142 Å². The first kappa shape index (κ1) is 16.4. The fraction of sp³-hybridized carbons (Fsp3) is 1.00. The highest BCUT2D eigenvalue weighted by atomic mass is 16.5. The van der Waals surface area contributed by atoms with Crippen LogP contribution in [0.1, 0.15) is 59.3 Å². The fourth-order valence-corrected chi connectivity index (χ4v) is 7.86. The molecule has 132 valence electrons. The highest BCUT2D eigenvalue weighted by molar-refractivity contribution is 5.15. The Bertz CT molecular complexity index is 445. The highest BCUT2D eigenvalue weighted by Crippen LogP contribution is 2.72. The minimum absolute atomic E-state index is 0.450. The minimum atomic E-state index is -0.450. The lowest BCUT2D eigenvalue weighted by atomic mass is 9.59. The van der Waals surface area contributed by atoms with Crippen LogP contribution in [-0.4, -0.2) is 24.4 Å². The summed E-state index contributed by atoms with van der Waals surface area (Å²) in [5, 5.41) is 11.2. The van der Waals surface area contributed by atoms with Gasteiger partial charge < -0.3 is 9.84 Å². The van der Waals surface area contributed by atoms with Crippen LogP contribution in [-0.2, 0) is 4.74 Å². The lowest BCUT2D eigenvalue weighted by Gasteiger charge is -2.47. The molecule has 4 bridgehead atoms. The summed E-state index contributed by atoms with van der Waals surface area (Å²) < 4.78 is 5.16. The number of aliphatic hydroxyl groups is 1. The SMILES string of the molecule is COCCCCC(C)(O)C1CC2CC1C1C3CC(C(C)C3C)C21. The zero-order chi connectivity index (χ0) is 16.4. The predicted octanol–water partition coefficient (Wildman–Crippen LogP) is 4.36. The van der Waals surface area contributed by atoms with E-state index in [9.17, 15) is 5.11 Å². The molecule has 1 N–H and O–H groups in total. The molecule has 0 heterocycles. The second-order valence-corrected chi connectivity index (χ2v) is 9.75. The minimum Gasteiger partial charge on any atom is -0.390 e. The van der Waals surface area contributed by atoms with E-state index in [-0.39, 0.29) is 0 Å². The Morgan fingerprint density at radius 2 is 1.65 bits per heavy atom. The number of rotatable bonds is 6. The molecule has 0 amide bonds. The molecule has 4 aliphatic rings. The van der Waals surface area contributed by atoms with Gasteiger partial charge in [-0.25, -0.2) is 0 Å². The lowest BCUT2D eigenvalue weighted by Crippen LogP contribution is -2.45. The quantitative estimate of drug-likeness (QED) is 0.582. The van der Waals surface area contributed by atoms with Crippen LogP contribution in [0.15, 0.2) is 0 Å². The first-order valence-electron chi connectivity index (χ1n) is 10.2. The average Bonchev–Trinajstić information content (AvgIpc) is 3.23. The molecule has 0 aliphatic heterocycles. The first-order chi connectivity index (χ1) is 11.0. The maximum absolute atomic E-state index is 11.2. The Kier molecular flexibility index (Phi) is 4.08. The molecule has 0 saturated heterocycles. The summed E-state index contributed by atoms with van der Waals surface area (Å²) >= 11 is 0. The average molecular weight is 321 g/mol. The van der Waals surface area contributed by atoms with Gasteiger partial charge in [-0.05, 0) is 98.7 Å². The van der Waals surface area contributed by atoms with E-state index in [2.05, 4.69) is 20.8 Å². The Hall–Kier alpha value is -0.0800. The summed E-state index contributed by atoms with van der Waals surface area (Å²) in [6, 6.07) is 0. The van der Waals surface area contributed by atoms with Gasteiger partial charge in [0, 0.05) is 13.7 Å². The molecule has 23 heavy (non-hydrogen) atoms. The molecular formula is C21H36O2. The van der Waals surface area contributed by atoms with E-state index in [0.717, 1.165) is 73.2 Å². The van der Waals surface area contributed by atoms with Crippen LogP contribution < -0.4 is 0 Å². The van der Waals surface area contributed by atoms with Crippen LogP contribution in [0.25, 0.3) is 0 Å². The Morgan fingerprint density at radius 3 is 2.35 bits per heavy atom. The molecule has 4 saturated carbocycles. The number of ether oxygens (including phenoxy) is 1. The molecule has 10 atom stereocenters. The summed E-state index contributed by atoms with van der Waals surface area (Å²) in [5.74, 6) is 8.18. The summed E-state index contributed by atoms with van der Waals surface area (Å²) in [5.41, 5.74) is -0.450. The summed E-state index contributed by atoms with van der Waals surface area (Å²) in [4.78, 5) is 0. The smallest absolute Gasteiger partial charge is 0.0650 e. The fourth-order valence-electron chi connectivity index (χ4n) is 7.86. The molecule has 4 fully saturated rings. The third-order valence-electron chi connectivity index (χ3n) is 8.92. The first-order valence-corrected chi connectivity index (χ1v) is 10.2. The van der Waals surface area contributed by atoms with Crippen LogP contribution >= 0.6 is 0 Å². The molecule has 0 aromatic heterocycles. The van der Waals surface area contributed by atoms with Crippen LogP contribution in [0.4, 0.5) is 0 Å². The van der Waals surface area contributed by atoms with Crippen molar-refractivity contribution < 1.29 is 9.84 Å². The third-order valence-corrected chi connectivity index (χ3v) is 8.92. The van der Waals surface area contributed by atoms with Crippen molar-refractivity contribution in [3.05, 3.63) is 0 Å². The third kappa shape index (κ3) is 2.34. The number of hydrogen-bond acceptors (Lipinski definition) is 2. The van der Waals surface area contributed by atoms with Gasteiger partial charge in [-0.15, -0.1) is 0 Å². The van der Waals surface area contributed by atoms with Crippen molar-refractivity contribution in [2.24, 2.45) is 53.3 Å². The topological polar surface area (TPSA) is 29.5 Å². The molecule has 0 spiro atoms. The molecule has 4 rings (SSSR count). The van der Waals surface area contributed by atoms with E-state index in [1.807, 2.05) is 0 Å². The van der Waals surface area contributed by atoms with Gasteiger partial charge in [0.25, 0.3) is 0 Å². The van der Waals surface area contributed by atoms with Gasteiger partial charge in [-0.3, -0.25) is 0 Å². The highest BCUT2D eigenvalue weighted by Gasteiger charge is 2.67. The number of hydrogen-bond donors (Lipinski definition) is 1. The molecule has 2 nitrogen and oxygen atoms in total. The van der Waals surface area contributed by atoms with Crippen molar-refractivity contribution in [3.8, 4) is 0 Å². The van der Waals surface area contributed by atoms with Gasteiger partial charge in [0.2, 0.25) is 0 Å². The van der Waals surface area contributed by atoms with Gasteiger partial charge in [0.05, 0.1) is 5.60 Å². The lowest BCUT2D eigenvalue weighted by molar-refractivity contribution is -0.0685. The van der Waals surface area contributed by atoms with Gasteiger partial charge >= 0.3 is 0 Å². The summed E-state index contributed by atoms with van der Waals surface area (Å²) in [6.07, 6.45) is 7.39. The molecule has 0 aromatic carbocycles. The van der Waals surface area contributed by atoms with Crippen molar-refractivity contribution in [3.63, 3.8) is 0 Å². The van der Waals surface area contributed by atoms with Gasteiger partial charge in [0.1, 0.15) is 0 Å². The Morgan fingerprint density at radius 1 is 0.957 bits per heavy atom. The summed E-state index contributed by atoms with van der Waals surface area (Å²) in [6.45, 7) is 7.99. The van der Waals surface area contributed by atoms with Crippen molar-refractivity contribution in [1.29, 1.82) is 0 Å². The van der Waals surface area contributed by atoms with Gasteiger partial charge in [-0.2, -0.15) is 0 Å². The number of unbranched alkanes of at least 4 members (excludes halogenated alkanes) is 1. The van der Waals surface area contributed by atoms with Gasteiger partial charge in [-0.1, -0.05) is 13.8 Å². The molecular weight excluding hydrogens is 284 g/mol. The van der Waals surface area contributed by atoms with E-state index >= 15 is 0 Å². The van der Waals surface area contributed by atoms with E-state index < -0.39 is 5.60 Å². The largest absolute Gasteiger partial charge is 0.390 e. The van der Waals surface area contributed by atoms with E-state index in [1.165, 1.54) is 19.3 Å². The zero-order valence-corrected chi connectivity index (χ0v) is 15.5. The van der Waals surface area contributed by atoms with Crippen LogP contribution in [0.5, 0.6) is 0 Å². The molecule has 0 radical (unpaired) electrons. The van der Waals surface area contributed by atoms with Crippen LogP contribution in [0.3, 0.4) is 0 Å².